The highest BCUT2D eigenvalue weighted by atomic mass is 19.4. The summed E-state index contributed by atoms with van der Waals surface area (Å²) in [6, 6.07) is 3.40. The van der Waals surface area contributed by atoms with Gasteiger partial charge in [0.25, 0.3) is 0 Å². The molecule has 0 radical (unpaired) electrons. The maximum absolute atomic E-state index is 13.8. The molecule has 0 unspecified atom stereocenters. The van der Waals surface area contributed by atoms with E-state index < -0.39 is 35.2 Å². The zero-order valence-corrected chi connectivity index (χ0v) is 11.6. The molecule has 0 aliphatic carbocycles. The summed E-state index contributed by atoms with van der Waals surface area (Å²) < 4.78 is 61.8. The lowest BCUT2D eigenvalue weighted by atomic mass is 10.1. The van der Waals surface area contributed by atoms with Gasteiger partial charge < -0.3 is 15.2 Å². The third-order valence-electron chi connectivity index (χ3n) is 2.79. The second kappa shape index (κ2) is 6.11. The summed E-state index contributed by atoms with van der Waals surface area (Å²) in [5.74, 6) is -3.42. The number of pyridine rings is 1. The monoisotopic (exact) mass is 330 g/mol. The number of carbonyl (C=O) groups is 1. The molecule has 0 amide bonds. The molecular weight excluding hydrogens is 320 g/mol. The summed E-state index contributed by atoms with van der Waals surface area (Å²) in [6.45, 7) is 0. The summed E-state index contributed by atoms with van der Waals surface area (Å²) in [4.78, 5) is 14.9. The van der Waals surface area contributed by atoms with Crippen LogP contribution in [0, 0.1) is 5.82 Å². The highest BCUT2D eigenvalue weighted by Crippen LogP contribution is 2.37. The van der Waals surface area contributed by atoms with E-state index in [4.69, 9.17) is 10.5 Å². The van der Waals surface area contributed by atoms with Crippen LogP contribution in [0.2, 0.25) is 0 Å². The lowest BCUT2D eigenvalue weighted by molar-refractivity contribution is -0.138. The number of methoxy groups -OCH3 is 1. The van der Waals surface area contributed by atoms with Crippen molar-refractivity contribution in [3.05, 3.63) is 47.4 Å². The van der Waals surface area contributed by atoms with E-state index in [9.17, 15) is 22.4 Å². The molecule has 122 valence electrons. The minimum absolute atomic E-state index is 0.237. The predicted molar refractivity (Wildman–Crippen MR) is 71.5 cm³/mol. The first kappa shape index (κ1) is 16.5. The summed E-state index contributed by atoms with van der Waals surface area (Å²) in [5, 5.41) is 0. The van der Waals surface area contributed by atoms with E-state index in [-0.39, 0.29) is 11.3 Å². The van der Waals surface area contributed by atoms with E-state index in [2.05, 4.69) is 9.72 Å². The molecule has 1 aromatic carbocycles. The SMILES string of the molecule is COC(=O)c1cc(Oc2ncccc2C(F)(F)F)c(F)cc1N. The Balaban J connectivity index is 2.48. The molecule has 1 heterocycles. The second-order valence-electron chi connectivity index (χ2n) is 4.32. The molecule has 0 spiro atoms. The van der Waals surface area contributed by atoms with Crippen molar-refractivity contribution in [2.75, 3.05) is 12.8 Å². The predicted octanol–water partition coefficient (Wildman–Crippen LogP) is 3.40. The molecule has 23 heavy (non-hydrogen) atoms. The van der Waals surface area contributed by atoms with Crippen molar-refractivity contribution >= 4 is 11.7 Å². The number of aromatic nitrogens is 1. The maximum Gasteiger partial charge on any atom is 0.421 e. The van der Waals surface area contributed by atoms with Crippen molar-refractivity contribution in [2.24, 2.45) is 0 Å². The number of ether oxygens (including phenoxy) is 2. The molecule has 0 saturated heterocycles. The van der Waals surface area contributed by atoms with Gasteiger partial charge in [0.05, 0.1) is 12.7 Å². The Hall–Kier alpha value is -2.84. The van der Waals surface area contributed by atoms with Gasteiger partial charge in [0.15, 0.2) is 11.6 Å². The first-order valence-corrected chi connectivity index (χ1v) is 6.11. The van der Waals surface area contributed by atoms with Gasteiger partial charge >= 0.3 is 12.1 Å². The molecule has 2 aromatic rings. The second-order valence-corrected chi connectivity index (χ2v) is 4.32. The fourth-order valence-electron chi connectivity index (χ4n) is 1.73. The third-order valence-corrected chi connectivity index (χ3v) is 2.79. The molecule has 0 fully saturated rings. The van der Waals surface area contributed by atoms with Crippen molar-refractivity contribution in [1.29, 1.82) is 0 Å². The number of benzene rings is 1. The van der Waals surface area contributed by atoms with Gasteiger partial charge in [-0.1, -0.05) is 0 Å². The first-order chi connectivity index (χ1) is 10.7. The third kappa shape index (κ3) is 3.50. The molecule has 0 bridgehead atoms. The van der Waals surface area contributed by atoms with E-state index in [1.807, 2.05) is 0 Å². The van der Waals surface area contributed by atoms with E-state index >= 15 is 0 Å². The Morgan fingerprint density at radius 1 is 1.30 bits per heavy atom. The van der Waals surface area contributed by atoms with Gasteiger partial charge in [0.2, 0.25) is 5.88 Å². The number of nitrogens with two attached hydrogens (primary N) is 1. The van der Waals surface area contributed by atoms with Crippen LogP contribution in [0.5, 0.6) is 11.6 Å². The van der Waals surface area contributed by atoms with Gasteiger partial charge in [0, 0.05) is 24.0 Å². The van der Waals surface area contributed by atoms with E-state index in [0.717, 1.165) is 37.6 Å². The van der Waals surface area contributed by atoms with Gasteiger partial charge in [-0.15, -0.1) is 0 Å². The van der Waals surface area contributed by atoms with Gasteiger partial charge in [-0.25, -0.2) is 14.2 Å². The number of halogens is 4. The number of esters is 1. The Bertz CT molecular complexity index is 747. The fourth-order valence-corrected chi connectivity index (χ4v) is 1.73. The molecule has 0 aliphatic heterocycles. The van der Waals surface area contributed by atoms with Crippen LogP contribution in [-0.2, 0) is 10.9 Å². The minimum Gasteiger partial charge on any atom is -0.465 e. The van der Waals surface area contributed by atoms with E-state index in [0.29, 0.717) is 0 Å². The van der Waals surface area contributed by atoms with Crippen LogP contribution in [0.3, 0.4) is 0 Å². The first-order valence-electron chi connectivity index (χ1n) is 6.11. The van der Waals surface area contributed by atoms with Crippen molar-refractivity contribution < 1.29 is 31.8 Å². The number of anilines is 1. The molecule has 0 atom stereocenters. The number of nitrogen functional groups attached to an aromatic ring is 1. The van der Waals surface area contributed by atoms with Gasteiger partial charge in [-0.05, 0) is 12.1 Å². The molecule has 0 saturated carbocycles. The quantitative estimate of drug-likeness (QED) is 0.530. The smallest absolute Gasteiger partial charge is 0.421 e. The highest BCUT2D eigenvalue weighted by Gasteiger charge is 2.35. The van der Waals surface area contributed by atoms with Gasteiger partial charge in [0.1, 0.15) is 5.56 Å². The standard InChI is InChI=1S/C14H10F4N2O3/c1-22-13(21)7-5-11(9(15)6-10(7)19)23-12-8(14(16,17)18)3-2-4-20-12/h2-6H,19H2,1H3. The highest BCUT2D eigenvalue weighted by molar-refractivity contribution is 5.95. The van der Waals surface area contributed by atoms with Crippen LogP contribution < -0.4 is 10.5 Å². The molecule has 5 nitrogen and oxygen atoms in total. The maximum atomic E-state index is 13.8. The Morgan fingerprint density at radius 3 is 2.61 bits per heavy atom. The lowest BCUT2D eigenvalue weighted by Gasteiger charge is -2.13. The normalized spacial score (nSPS) is 11.2. The summed E-state index contributed by atoms with van der Waals surface area (Å²) in [6.07, 6.45) is -3.68. The summed E-state index contributed by atoms with van der Waals surface area (Å²) in [5.41, 5.74) is 3.80. The largest absolute Gasteiger partial charge is 0.465 e. The van der Waals surface area contributed by atoms with Crippen molar-refractivity contribution in [3.63, 3.8) is 0 Å². The summed E-state index contributed by atoms with van der Waals surface area (Å²) in [7, 11) is 1.08. The van der Waals surface area contributed by atoms with Crippen molar-refractivity contribution in [1.82, 2.24) is 4.98 Å². The fraction of sp³-hybridized carbons (Fsp3) is 0.143. The van der Waals surface area contributed by atoms with Crippen LogP contribution in [0.15, 0.2) is 30.5 Å². The van der Waals surface area contributed by atoms with Crippen LogP contribution in [0.1, 0.15) is 15.9 Å². The minimum atomic E-state index is -4.74. The van der Waals surface area contributed by atoms with Gasteiger partial charge in [-0.2, -0.15) is 13.2 Å². The number of hydrogen-bond donors (Lipinski definition) is 1. The number of hydrogen-bond acceptors (Lipinski definition) is 5. The molecule has 2 N–H and O–H groups in total. The van der Waals surface area contributed by atoms with Crippen LogP contribution in [-0.4, -0.2) is 18.1 Å². The number of alkyl halides is 3. The topological polar surface area (TPSA) is 74.4 Å². The zero-order chi connectivity index (χ0) is 17.2. The molecular formula is C14H10F4N2O3. The Kier molecular flexibility index (Phi) is 4.39. The van der Waals surface area contributed by atoms with E-state index in [1.54, 1.807) is 0 Å². The molecule has 2 rings (SSSR count). The number of nitrogens with zero attached hydrogens (tertiary/aromatic N) is 1. The van der Waals surface area contributed by atoms with E-state index in [1.165, 1.54) is 0 Å². The molecule has 1 aromatic heterocycles. The van der Waals surface area contributed by atoms with Crippen molar-refractivity contribution in [2.45, 2.75) is 6.18 Å². The average Bonchev–Trinajstić information content (AvgIpc) is 2.48. The lowest BCUT2D eigenvalue weighted by Crippen LogP contribution is -2.10. The number of rotatable bonds is 3. The summed E-state index contributed by atoms with van der Waals surface area (Å²) >= 11 is 0. The van der Waals surface area contributed by atoms with Gasteiger partial charge in [-0.3, -0.25) is 0 Å². The number of carbonyl (C=O) groups excluding carboxylic acids is 1. The van der Waals surface area contributed by atoms with Crippen LogP contribution >= 0.6 is 0 Å². The molecule has 0 aliphatic rings. The Morgan fingerprint density at radius 2 is 2.00 bits per heavy atom. The Labute approximate surface area is 127 Å². The molecule has 9 heteroatoms. The van der Waals surface area contributed by atoms with Crippen molar-refractivity contribution in [3.8, 4) is 11.6 Å². The van der Waals surface area contributed by atoms with Crippen LogP contribution in [0.4, 0.5) is 23.2 Å². The zero-order valence-electron chi connectivity index (χ0n) is 11.6. The average molecular weight is 330 g/mol. The van der Waals surface area contributed by atoms with Crippen LogP contribution in [0.25, 0.3) is 0 Å².